The number of morpholine rings is 1. The van der Waals surface area contributed by atoms with Crippen molar-refractivity contribution < 1.29 is 27.4 Å². The van der Waals surface area contributed by atoms with E-state index in [-0.39, 0.29) is 10.7 Å². The van der Waals surface area contributed by atoms with Gasteiger partial charge >= 0.3 is 0 Å². The van der Waals surface area contributed by atoms with Gasteiger partial charge in [-0.05, 0) is 60.4 Å². The zero-order valence-corrected chi connectivity index (χ0v) is 22.2. The molecular weight excluding hydrogens is 512 g/mol. The average Bonchev–Trinajstić information content (AvgIpc) is 3.45. The number of thiophene rings is 1. The molecule has 37 heavy (non-hydrogen) atoms. The number of hydrogen-bond acceptors (Lipinski definition) is 8. The van der Waals surface area contributed by atoms with Crippen LogP contribution in [0.15, 0.2) is 64.9 Å². The van der Waals surface area contributed by atoms with Crippen molar-refractivity contribution in [2.24, 2.45) is 5.14 Å². The van der Waals surface area contributed by atoms with Gasteiger partial charge < -0.3 is 14.2 Å². The number of rotatable bonds is 11. The van der Waals surface area contributed by atoms with E-state index in [0.717, 1.165) is 55.3 Å². The predicted octanol–water partition coefficient (Wildman–Crippen LogP) is 4.07. The van der Waals surface area contributed by atoms with Gasteiger partial charge in [-0.15, -0.1) is 11.3 Å². The summed E-state index contributed by atoms with van der Waals surface area (Å²) in [6.07, 6.45) is 4.02. The molecule has 2 N–H and O–H groups in total. The standard InChI is InChI=1S/C27H30N2O6S2/c1-33-26-19-25(35-14-3-11-29-12-15-34-16-13-29)21(18-23(26)27-4-2-17-36-27)7-10-24(30)20-5-8-22(9-6-20)37(28,31)32/h2,4-10,17-19H,3,11-16H2,1H3,(H2,28,31,32). The van der Waals surface area contributed by atoms with E-state index < -0.39 is 10.0 Å². The molecule has 0 amide bonds. The first kappa shape index (κ1) is 27.0. The zero-order chi connectivity index (χ0) is 26.3. The van der Waals surface area contributed by atoms with Gasteiger partial charge in [0, 0.05) is 47.3 Å². The van der Waals surface area contributed by atoms with Crippen LogP contribution in [0.2, 0.25) is 0 Å². The van der Waals surface area contributed by atoms with Crippen molar-refractivity contribution in [1.82, 2.24) is 4.90 Å². The van der Waals surface area contributed by atoms with Crippen LogP contribution in [0.1, 0.15) is 22.3 Å². The van der Waals surface area contributed by atoms with Crippen LogP contribution in [0, 0.1) is 0 Å². The van der Waals surface area contributed by atoms with Gasteiger partial charge in [-0.1, -0.05) is 6.07 Å². The number of carbonyl (C=O) groups excluding carboxylic acids is 1. The third-order valence-corrected chi connectivity index (χ3v) is 7.81. The molecule has 1 aliphatic heterocycles. The molecule has 0 unspecified atom stereocenters. The Hall–Kier alpha value is -3.02. The fourth-order valence-corrected chi connectivity index (χ4v) is 5.25. The largest absolute Gasteiger partial charge is 0.496 e. The number of nitrogens with zero attached hydrogens (tertiary/aromatic N) is 1. The molecule has 3 aromatic rings. The van der Waals surface area contributed by atoms with Crippen LogP contribution in [0.3, 0.4) is 0 Å². The van der Waals surface area contributed by atoms with Gasteiger partial charge in [-0.3, -0.25) is 9.69 Å². The molecule has 0 bridgehead atoms. The molecule has 1 aromatic heterocycles. The van der Waals surface area contributed by atoms with E-state index in [1.165, 1.54) is 30.3 Å². The lowest BCUT2D eigenvalue weighted by molar-refractivity contribution is 0.0358. The predicted molar refractivity (Wildman–Crippen MR) is 145 cm³/mol. The molecule has 0 saturated carbocycles. The van der Waals surface area contributed by atoms with Gasteiger partial charge in [0.15, 0.2) is 5.78 Å². The first-order chi connectivity index (χ1) is 17.8. The minimum absolute atomic E-state index is 0.0449. The van der Waals surface area contributed by atoms with Crippen molar-refractivity contribution in [3.63, 3.8) is 0 Å². The minimum atomic E-state index is -3.82. The van der Waals surface area contributed by atoms with Crippen LogP contribution in [-0.4, -0.2) is 65.7 Å². The average molecular weight is 543 g/mol. The van der Waals surface area contributed by atoms with Crippen LogP contribution in [-0.2, 0) is 14.8 Å². The quantitative estimate of drug-likeness (QED) is 0.221. The Kier molecular flexibility index (Phi) is 9.12. The van der Waals surface area contributed by atoms with E-state index in [9.17, 15) is 13.2 Å². The van der Waals surface area contributed by atoms with Crippen molar-refractivity contribution in [2.45, 2.75) is 11.3 Å². The number of ether oxygens (including phenoxy) is 3. The van der Waals surface area contributed by atoms with Gasteiger partial charge in [-0.25, -0.2) is 13.6 Å². The number of primary sulfonamides is 1. The Labute approximate surface area is 221 Å². The highest BCUT2D eigenvalue weighted by molar-refractivity contribution is 7.89. The molecule has 0 atom stereocenters. The Morgan fingerprint density at radius 1 is 1.14 bits per heavy atom. The molecule has 4 rings (SSSR count). The van der Waals surface area contributed by atoms with Gasteiger partial charge in [0.2, 0.25) is 10.0 Å². The summed E-state index contributed by atoms with van der Waals surface area (Å²) >= 11 is 1.60. The fraction of sp³-hybridized carbons (Fsp3) is 0.296. The number of carbonyl (C=O) groups is 1. The van der Waals surface area contributed by atoms with Crippen molar-refractivity contribution in [3.8, 4) is 21.9 Å². The Bertz CT molecular complexity index is 1330. The van der Waals surface area contributed by atoms with Gasteiger partial charge in [0.05, 0.1) is 31.8 Å². The topological polar surface area (TPSA) is 108 Å². The first-order valence-electron chi connectivity index (χ1n) is 11.9. The van der Waals surface area contributed by atoms with Crippen LogP contribution in [0.25, 0.3) is 16.5 Å². The SMILES string of the molecule is COc1cc(OCCCN2CCOCC2)c(C=CC(=O)c2ccc(S(N)(=O)=O)cc2)cc1-c1cccs1. The third kappa shape index (κ3) is 7.27. The maximum absolute atomic E-state index is 12.8. The second-order valence-electron chi connectivity index (χ2n) is 8.49. The molecule has 0 aliphatic carbocycles. The van der Waals surface area contributed by atoms with Crippen molar-refractivity contribution in [2.75, 3.05) is 46.6 Å². The van der Waals surface area contributed by atoms with E-state index >= 15 is 0 Å². The number of hydrogen-bond donors (Lipinski definition) is 1. The third-order valence-electron chi connectivity index (χ3n) is 5.98. The minimum Gasteiger partial charge on any atom is -0.496 e. The monoisotopic (exact) mass is 542 g/mol. The molecule has 1 aliphatic rings. The summed E-state index contributed by atoms with van der Waals surface area (Å²) < 4.78 is 40.2. The second kappa shape index (κ2) is 12.5. The summed E-state index contributed by atoms with van der Waals surface area (Å²) in [6, 6.07) is 13.3. The summed E-state index contributed by atoms with van der Waals surface area (Å²) in [5.41, 5.74) is 2.00. The van der Waals surface area contributed by atoms with E-state index in [0.29, 0.717) is 23.7 Å². The first-order valence-corrected chi connectivity index (χ1v) is 14.3. The Morgan fingerprint density at radius 2 is 1.89 bits per heavy atom. The molecule has 1 fully saturated rings. The Balaban J connectivity index is 1.54. The zero-order valence-electron chi connectivity index (χ0n) is 20.6. The van der Waals surface area contributed by atoms with Crippen LogP contribution in [0.5, 0.6) is 11.5 Å². The molecule has 0 radical (unpaired) electrons. The summed E-state index contributed by atoms with van der Waals surface area (Å²) in [6.45, 7) is 4.82. The number of methoxy groups -OCH3 is 1. The van der Waals surface area contributed by atoms with Crippen LogP contribution >= 0.6 is 11.3 Å². The number of benzene rings is 2. The van der Waals surface area contributed by atoms with Crippen molar-refractivity contribution in [1.29, 1.82) is 0 Å². The highest BCUT2D eigenvalue weighted by Gasteiger charge is 2.15. The van der Waals surface area contributed by atoms with Crippen molar-refractivity contribution >= 4 is 33.2 Å². The maximum Gasteiger partial charge on any atom is 0.238 e. The van der Waals surface area contributed by atoms with E-state index in [4.69, 9.17) is 19.3 Å². The van der Waals surface area contributed by atoms with E-state index in [1.807, 2.05) is 29.6 Å². The van der Waals surface area contributed by atoms with Gasteiger partial charge in [0.25, 0.3) is 0 Å². The summed E-state index contributed by atoms with van der Waals surface area (Å²) in [5.74, 6) is 1.04. The van der Waals surface area contributed by atoms with Crippen LogP contribution < -0.4 is 14.6 Å². The number of ketones is 1. The smallest absolute Gasteiger partial charge is 0.238 e. The Morgan fingerprint density at radius 3 is 2.54 bits per heavy atom. The lowest BCUT2D eigenvalue weighted by atomic mass is 10.0. The summed E-state index contributed by atoms with van der Waals surface area (Å²) in [5, 5.41) is 7.14. The molecule has 196 valence electrons. The molecule has 2 aromatic carbocycles. The maximum atomic E-state index is 12.8. The van der Waals surface area contributed by atoms with E-state index in [2.05, 4.69) is 4.90 Å². The van der Waals surface area contributed by atoms with Crippen molar-refractivity contribution in [3.05, 3.63) is 71.1 Å². The molecular formula is C27H30N2O6S2. The fourth-order valence-electron chi connectivity index (χ4n) is 3.99. The molecule has 8 nitrogen and oxygen atoms in total. The highest BCUT2D eigenvalue weighted by atomic mass is 32.2. The number of nitrogens with two attached hydrogens (primary N) is 1. The molecule has 2 heterocycles. The van der Waals surface area contributed by atoms with Crippen LogP contribution in [0.4, 0.5) is 0 Å². The highest BCUT2D eigenvalue weighted by Crippen LogP contribution is 2.39. The molecule has 1 saturated heterocycles. The normalized spacial score (nSPS) is 14.6. The summed E-state index contributed by atoms with van der Waals surface area (Å²) in [4.78, 5) is 16.2. The number of sulfonamides is 1. The summed E-state index contributed by atoms with van der Waals surface area (Å²) in [7, 11) is -2.20. The van der Waals surface area contributed by atoms with Gasteiger partial charge in [0.1, 0.15) is 11.5 Å². The molecule has 10 heteroatoms. The second-order valence-corrected chi connectivity index (χ2v) is 11.0. The molecule has 0 spiro atoms. The lowest BCUT2D eigenvalue weighted by Crippen LogP contribution is -2.37. The lowest BCUT2D eigenvalue weighted by Gasteiger charge is -2.26. The van der Waals surface area contributed by atoms with E-state index in [1.54, 1.807) is 24.5 Å². The number of allylic oxidation sites excluding steroid dienone is 1. The van der Waals surface area contributed by atoms with Gasteiger partial charge in [-0.2, -0.15) is 0 Å².